The number of amides is 2. The molecule has 3 rings (SSSR count). The predicted octanol–water partition coefficient (Wildman–Crippen LogP) is 3.86. The minimum absolute atomic E-state index is 0.0285. The van der Waals surface area contributed by atoms with E-state index < -0.39 is 36.9 Å². The zero-order valence-corrected chi connectivity index (χ0v) is 16.7. The molecule has 1 aromatic carbocycles. The Bertz CT molecular complexity index is 923. The van der Waals surface area contributed by atoms with Crippen molar-refractivity contribution in [1.29, 1.82) is 0 Å². The van der Waals surface area contributed by atoms with E-state index in [1.54, 1.807) is 0 Å². The maximum absolute atomic E-state index is 15.4. The first-order valence-corrected chi connectivity index (χ1v) is 9.69. The summed E-state index contributed by atoms with van der Waals surface area (Å²) in [6.45, 7) is -1.27. The normalized spacial score (nSPS) is 16.9. The second-order valence-electron chi connectivity index (χ2n) is 7.12. The molecular formula is C20H21ClF3N3O3. The highest BCUT2D eigenvalue weighted by atomic mass is 35.5. The molecule has 1 aliphatic heterocycles. The topological polar surface area (TPSA) is 85.7 Å². The number of pyridine rings is 1. The molecule has 2 aromatic rings. The van der Waals surface area contributed by atoms with Crippen LogP contribution in [-0.4, -0.2) is 45.8 Å². The molecule has 1 fully saturated rings. The van der Waals surface area contributed by atoms with E-state index in [1.165, 1.54) is 23.1 Å². The molecule has 0 spiro atoms. The fourth-order valence-corrected chi connectivity index (χ4v) is 3.54. The molecular weight excluding hydrogens is 423 g/mol. The van der Waals surface area contributed by atoms with Crippen molar-refractivity contribution in [3.63, 3.8) is 0 Å². The molecule has 0 aliphatic carbocycles. The molecule has 30 heavy (non-hydrogen) atoms. The van der Waals surface area contributed by atoms with Crippen molar-refractivity contribution >= 4 is 23.3 Å². The number of likely N-dealkylation sites (tertiary alicyclic amines) is 1. The summed E-state index contributed by atoms with van der Waals surface area (Å²) in [5, 5.41) is 21.3. The number of aliphatic hydroxyl groups excluding tert-OH is 2. The number of urea groups is 1. The number of alkyl halides is 2. The molecule has 10 heteroatoms. The van der Waals surface area contributed by atoms with Crippen LogP contribution in [0.4, 0.5) is 23.7 Å². The van der Waals surface area contributed by atoms with Gasteiger partial charge in [-0.1, -0.05) is 17.7 Å². The highest BCUT2D eigenvalue weighted by Gasteiger charge is 2.41. The summed E-state index contributed by atoms with van der Waals surface area (Å²) >= 11 is 5.93. The standard InChI is InChI=1S/C20H21ClF3N3O3/c21-15-8-14(2-1-12(15)9-22)26-19(30)27-5-3-20(24,4-6-27)18-16(23)7-13(10-25-18)17(29)11-28/h1-2,7-8,10,17,28-29H,3-6,9,11H2,(H,26,30)/t17-/m1/s1. The van der Waals surface area contributed by atoms with Gasteiger partial charge in [-0.3, -0.25) is 4.98 Å². The van der Waals surface area contributed by atoms with Gasteiger partial charge in [0.05, 0.1) is 6.61 Å². The molecule has 1 aromatic heterocycles. The fourth-order valence-electron chi connectivity index (χ4n) is 3.31. The average molecular weight is 444 g/mol. The summed E-state index contributed by atoms with van der Waals surface area (Å²) in [5.41, 5.74) is -1.70. The number of carbonyl (C=O) groups excluding carboxylic acids is 1. The van der Waals surface area contributed by atoms with Crippen molar-refractivity contribution in [2.24, 2.45) is 0 Å². The van der Waals surface area contributed by atoms with Crippen molar-refractivity contribution in [2.45, 2.75) is 31.3 Å². The molecule has 2 amide bonds. The Morgan fingerprint density at radius 2 is 2.03 bits per heavy atom. The highest BCUT2D eigenvalue weighted by molar-refractivity contribution is 6.31. The zero-order valence-electron chi connectivity index (χ0n) is 15.9. The first kappa shape index (κ1) is 22.3. The van der Waals surface area contributed by atoms with Crippen LogP contribution in [0.3, 0.4) is 0 Å². The highest BCUT2D eigenvalue weighted by Crippen LogP contribution is 2.37. The van der Waals surface area contributed by atoms with Crippen molar-refractivity contribution in [3.05, 3.63) is 58.1 Å². The molecule has 0 bridgehead atoms. The summed E-state index contributed by atoms with van der Waals surface area (Å²) in [5.74, 6) is -0.914. The average Bonchev–Trinajstić information content (AvgIpc) is 2.73. The fraction of sp³-hybridized carbons (Fsp3) is 0.400. The Morgan fingerprint density at radius 1 is 1.33 bits per heavy atom. The number of hydrogen-bond donors (Lipinski definition) is 3. The summed E-state index contributed by atoms with van der Waals surface area (Å²) in [6, 6.07) is 4.89. The van der Waals surface area contributed by atoms with Crippen LogP contribution in [-0.2, 0) is 12.3 Å². The monoisotopic (exact) mass is 443 g/mol. The lowest BCUT2D eigenvalue weighted by molar-refractivity contribution is 0.0639. The number of rotatable bonds is 5. The third-order valence-electron chi connectivity index (χ3n) is 5.14. The lowest BCUT2D eigenvalue weighted by Gasteiger charge is -2.36. The number of halogens is 4. The Hall–Kier alpha value is -2.36. The number of aromatic nitrogens is 1. The molecule has 0 saturated carbocycles. The van der Waals surface area contributed by atoms with Gasteiger partial charge in [-0.2, -0.15) is 0 Å². The van der Waals surface area contributed by atoms with E-state index >= 15 is 4.39 Å². The van der Waals surface area contributed by atoms with Crippen LogP contribution in [0.5, 0.6) is 0 Å². The van der Waals surface area contributed by atoms with Crippen LogP contribution in [0.15, 0.2) is 30.5 Å². The van der Waals surface area contributed by atoms with Crippen molar-refractivity contribution in [3.8, 4) is 0 Å². The summed E-state index contributed by atoms with van der Waals surface area (Å²) in [7, 11) is 0. The number of nitrogens with zero attached hydrogens (tertiary/aromatic N) is 2. The molecule has 1 saturated heterocycles. The molecule has 162 valence electrons. The third-order valence-corrected chi connectivity index (χ3v) is 5.49. The van der Waals surface area contributed by atoms with E-state index in [2.05, 4.69) is 10.3 Å². The van der Waals surface area contributed by atoms with Gasteiger partial charge in [0.25, 0.3) is 0 Å². The van der Waals surface area contributed by atoms with Gasteiger partial charge in [0.15, 0.2) is 5.67 Å². The van der Waals surface area contributed by atoms with Gasteiger partial charge in [-0.05, 0) is 18.2 Å². The van der Waals surface area contributed by atoms with Gasteiger partial charge >= 0.3 is 6.03 Å². The molecule has 0 unspecified atom stereocenters. The molecule has 1 atom stereocenters. The Morgan fingerprint density at radius 3 is 2.60 bits per heavy atom. The van der Waals surface area contributed by atoms with Gasteiger partial charge in [0, 0.05) is 54.0 Å². The Balaban J connectivity index is 1.65. The Kier molecular flexibility index (Phi) is 6.84. The van der Waals surface area contributed by atoms with Crippen LogP contribution in [0, 0.1) is 5.82 Å². The van der Waals surface area contributed by atoms with E-state index in [0.29, 0.717) is 11.3 Å². The van der Waals surface area contributed by atoms with Gasteiger partial charge in [0.1, 0.15) is 24.3 Å². The van der Waals surface area contributed by atoms with Gasteiger partial charge in [-0.25, -0.2) is 18.0 Å². The zero-order chi connectivity index (χ0) is 21.9. The number of aliphatic hydroxyl groups is 2. The summed E-state index contributed by atoms with van der Waals surface area (Å²) in [4.78, 5) is 17.6. The lowest BCUT2D eigenvalue weighted by atomic mass is 9.89. The SMILES string of the molecule is O=C(Nc1ccc(CF)c(Cl)c1)N1CCC(F)(c2ncc([C@H](O)CO)cc2F)CC1. The Labute approximate surface area is 176 Å². The first-order chi connectivity index (χ1) is 14.3. The first-order valence-electron chi connectivity index (χ1n) is 9.31. The largest absolute Gasteiger partial charge is 0.393 e. The van der Waals surface area contributed by atoms with Crippen molar-refractivity contribution in [2.75, 3.05) is 25.0 Å². The van der Waals surface area contributed by atoms with Crippen molar-refractivity contribution in [1.82, 2.24) is 9.88 Å². The van der Waals surface area contributed by atoms with E-state index in [9.17, 15) is 18.7 Å². The maximum Gasteiger partial charge on any atom is 0.321 e. The van der Waals surface area contributed by atoms with Crippen molar-refractivity contribution < 1.29 is 28.2 Å². The van der Waals surface area contributed by atoms with E-state index in [0.717, 1.165) is 12.3 Å². The molecule has 1 aliphatic rings. The number of benzene rings is 1. The molecule has 6 nitrogen and oxygen atoms in total. The molecule has 0 radical (unpaired) electrons. The van der Waals surface area contributed by atoms with Crippen LogP contribution < -0.4 is 5.32 Å². The number of carbonyl (C=O) groups is 1. The van der Waals surface area contributed by atoms with Crippen LogP contribution in [0.2, 0.25) is 5.02 Å². The quantitative estimate of drug-likeness (QED) is 0.655. The van der Waals surface area contributed by atoms with E-state index in [-0.39, 0.29) is 42.2 Å². The minimum Gasteiger partial charge on any atom is -0.393 e. The minimum atomic E-state index is -2.06. The van der Waals surface area contributed by atoms with Crippen LogP contribution >= 0.6 is 11.6 Å². The maximum atomic E-state index is 15.4. The number of piperidine rings is 1. The smallest absolute Gasteiger partial charge is 0.321 e. The van der Waals surface area contributed by atoms with Gasteiger partial charge in [-0.15, -0.1) is 0 Å². The number of hydrogen-bond acceptors (Lipinski definition) is 4. The third kappa shape index (κ3) is 4.69. The summed E-state index contributed by atoms with van der Waals surface area (Å²) in [6.07, 6.45) is -0.485. The lowest BCUT2D eigenvalue weighted by Crippen LogP contribution is -2.45. The van der Waals surface area contributed by atoms with E-state index in [1.807, 2.05) is 0 Å². The van der Waals surface area contributed by atoms with E-state index in [4.69, 9.17) is 16.7 Å². The van der Waals surface area contributed by atoms with Crippen LogP contribution in [0.25, 0.3) is 0 Å². The molecule has 2 heterocycles. The second-order valence-corrected chi connectivity index (χ2v) is 7.53. The number of nitrogens with one attached hydrogen (secondary N) is 1. The number of anilines is 1. The second kappa shape index (κ2) is 9.20. The summed E-state index contributed by atoms with van der Waals surface area (Å²) < 4.78 is 42.5. The molecule has 3 N–H and O–H groups in total. The van der Waals surface area contributed by atoms with Gasteiger partial charge in [0.2, 0.25) is 0 Å². The van der Waals surface area contributed by atoms with Gasteiger partial charge < -0.3 is 20.4 Å². The predicted molar refractivity (Wildman–Crippen MR) is 105 cm³/mol. The van der Waals surface area contributed by atoms with Crippen LogP contribution in [0.1, 0.15) is 35.8 Å².